The number of hydrogen-bond acceptors (Lipinski definition) is 4. The van der Waals surface area contributed by atoms with E-state index in [0.29, 0.717) is 38.9 Å². The summed E-state index contributed by atoms with van der Waals surface area (Å²) in [5.74, 6) is 0.526. The Bertz CT molecular complexity index is 1280. The summed E-state index contributed by atoms with van der Waals surface area (Å²) in [7, 11) is 0. The molecule has 3 aromatic carbocycles. The SMILES string of the molecule is CCOc1cc(/C=C(\C#N)C(=O)Nc2ccc(C)cc2C)c(Br)cc1OCc1ccccc1Cl. The van der Waals surface area contributed by atoms with E-state index in [0.717, 1.165) is 16.7 Å². The smallest absolute Gasteiger partial charge is 0.266 e. The lowest BCUT2D eigenvalue weighted by molar-refractivity contribution is -0.112. The number of nitrogens with one attached hydrogen (secondary N) is 1. The Hall–Kier alpha value is -3.27. The van der Waals surface area contributed by atoms with Gasteiger partial charge in [-0.05, 0) is 62.2 Å². The number of amides is 1. The van der Waals surface area contributed by atoms with Gasteiger partial charge in [0.2, 0.25) is 0 Å². The monoisotopic (exact) mass is 538 g/mol. The van der Waals surface area contributed by atoms with Crippen LogP contribution in [0.2, 0.25) is 5.02 Å². The number of rotatable bonds is 8. The number of aryl methyl sites for hydroxylation is 2. The molecule has 0 bridgehead atoms. The van der Waals surface area contributed by atoms with Crippen LogP contribution in [0, 0.1) is 25.2 Å². The third-order valence-corrected chi connectivity index (χ3v) is 6.05. The number of nitrogens with zero attached hydrogens (tertiary/aromatic N) is 1. The molecule has 0 saturated heterocycles. The molecule has 3 rings (SSSR count). The van der Waals surface area contributed by atoms with E-state index in [1.165, 1.54) is 6.08 Å². The number of hydrogen-bond donors (Lipinski definition) is 1. The molecule has 0 radical (unpaired) electrons. The molecule has 7 heteroatoms. The highest BCUT2D eigenvalue weighted by Gasteiger charge is 2.15. The van der Waals surface area contributed by atoms with Gasteiger partial charge in [0.05, 0.1) is 6.61 Å². The van der Waals surface area contributed by atoms with Gasteiger partial charge < -0.3 is 14.8 Å². The molecule has 0 unspecified atom stereocenters. The Kier molecular flexibility index (Phi) is 8.75. The molecule has 0 atom stereocenters. The fourth-order valence-corrected chi connectivity index (χ4v) is 3.89. The van der Waals surface area contributed by atoms with Gasteiger partial charge in [-0.1, -0.05) is 63.4 Å². The Morgan fingerprint density at radius 3 is 2.53 bits per heavy atom. The van der Waals surface area contributed by atoms with E-state index in [9.17, 15) is 10.1 Å². The minimum Gasteiger partial charge on any atom is -0.490 e. The first-order valence-electron chi connectivity index (χ1n) is 10.6. The number of anilines is 1. The number of nitriles is 1. The predicted octanol–water partition coefficient (Wildman–Crippen LogP) is 7.24. The summed E-state index contributed by atoms with van der Waals surface area (Å²) in [6.45, 7) is 6.45. The largest absolute Gasteiger partial charge is 0.490 e. The summed E-state index contributed by atoms with van der Waals surface area (Å²) in [4.78, 5) is 12.8. The Labute approximate surface area is 213 Å². The molecule has 5 nitrogen and oxygen atoms in total. The van der Waals surface area contributed by atoms with Gasteiger partial charge in [0.25, 0.3) is 5.91 Å². The van der Waals surface area contributed by atoms with E-state index >= 15 is 0 Å². The summed E-state index contributed by atoms with van der Waals surface area (Å²) < 4.78 is 12.4. The zero-order valence-corrected chi connectivity index (χ0v) is 21.5. The Balaban J connectivity index is 1.87. The molecule has 0 spiro atoms. The first kappa shape index (κ1) is 25.4. The van der Waals surface area contributed by atoms with E-state index < -0.39 is 5.91 Å². The molecule has 0 aliphatic carbocycles. The first-order chi connectivity index (χ1) is 16.3. The van der Waals surface area contributed by atoms with Crippen molar-refractivity contribution in [3.8, 4) is 17.6 Å². The summed E-state index contributed by atoms with van der Waals surface area (Å²) in [5, 5.41) is 13.1. The average molecular weight is 540 g/mol. The average Bonchev–Trinajstić information content (AvgIpc) is 2.80. The molecule has 0 heterocycles. The van der Waals surface area contributed by atoms with Gasteiger partial charge in [0.15, 0.2) is 11.5 Å². The van der Waals surface area contributed by atoms with Crippen LogP contribution in [0.5, 0.6) is 11.5 Å². The van der Waals surface area contributed by atoms with E-state index in [-0.39, 0.29) is 12.2 Å². The summed E-state index contributed by atoms with van der Waals surface area (Å²) in [6.07, 6.45) is 1.52. The van der Waals surface area contributed by atoms with Crippen molar-refractivity contribution in [1.82, 2.24) is 0 Å². The number of carbonyl (C=O) groups excluding carboxylic acids is 1. The van der Waals surface area contributed by atoms with Crippen LogP contribution in [0.3, 0.4) is 0 Å². The van der Waals surface area contributed by atoms with Crippen molar-refractivity contribution >= 4 is 45.2 Å². The molecule has 3 aromatic rings. The minimum absolute atomic E-state index is 0.0344. The maximum absolute atomic E-state index is 12.8. The van der Waals surface area contributed by atoms with E-state index in [4.69, 9.17) is 21.1 Å². The normalized spacial score (nSPS) is 11.0. The van der Waals surface area contributed by atoms with Crippen molar-refractivity contribution < 1.29 is 14.3 Å². The molecule has 0 aliphatic heterocycles. The van der Waals surface area contributed by atoms with Crippen molar-refractivity contribution in [2.24, 2.45) is 0 Å². The molecule has 174 valence electrons. The zero-order chi connectivity index (χ0) is 24.7. The number of halogens is 2. The standard InChI is InChI=1S/C27H24BrClN2O3/c1-4-33-25-13-20(22(28)14-26(25)34-16-19-7-5-6-8-23(19)29)12-21(15-30)27(32)31-24-10-9-17(2)11-18(24)3/h5-14H,4,16H2,1-3H3,(H,31,32)/b21-12+. The topological polar surface area (TPSA) is 71.3 Å². The molecule has 0 saturated carbocycles. The molecule has 0 aromatic heterocycles. The van der Waals surface area contributed by atoms with Crippen LogP contribution in [0.1, 0.15) is 29.2 Å². The van der Waals surface area contributed by atoms with Crippen molar-refractivity contribution in [2.75, 3.05) is 11.9 Å². The molecule has 34 heavy (non-hydrogen) atoms. The highest BCUT2D eigenvalue weighted by molar-refractivity contribution is 9.10. The lowest BCUT2D eigenvalue weighted by atomic mass is 10.1. The van der Waals surface area contributed by atoms with Gasteiger partial charge >= 0.3 is 0 Å². The van der Waals surface area contributed by atoms with Crippen LogP contribution in [0.15, 0.2) is 64.6 Å². The van der Waals surface area contributed by atoms with Crippen LogP contribution < -0.4 is 14.8 Å². The predicted molar refractivity (Wildman–Crippen MR) is 139 cm³/mol. The maximum Gasteiger partial charge on any atom is 0.266 e. The van der Waals surface area contributed by atoms with Gasteiger partial charge in [0, 0.05) is 20.7 Å². The Morgan fingerprint density at radius 1 is 1.12 bits per heavy atom. The number of benzene rings is 3. The maximum atomic E-state index is 12.8. The van der Waals surface area contributed by atoms with Crippen LogP contribution in [-0.4, -0.2) is 12.5 Å². The van der Waals surface area contributed by atoms with Gasteiger partial charge in [-0.15, -0.1) is 0 Å². The fourth-order valence-electron chi connectivity index (χ4n) is 3.26. The first-order valence-corrected chi connectivity index (χ1v) is 11.8. The lowest BCUT2D eigenvalue weighted by Crippen LogP contribution is -2.14. The van der Waals surface area contributed by atoms with Crippen LogP contribution in [-0.2, 0) is 11.4 Å². The van der Waals surface area contributed by atoms with Crippen LogP contribution >= 0.6 is 27.5 Å². The second-order valence-corrected chi connectivity index (χ2v) is 8.84. The number of ether oxygens (including phenoxy) is 2. The van der Waals surface area contributed by atoms with Crippen molar-refractivity contribution in [2.45, 2.75) is 27.4 Å². The van der Waals surface area contributed by atoms with Gasteiger partial charge in [-0.3, -0.25) is 4.79 Å². The minimum atomic E-state index is -0.488. The third kappa shape index (κ3) is 6.40. The van der Waals surface area contributed by atoms with E-state index in [1.807, 2.05) is 63.2 Å². The molecule has 1 N–H and O–H groups in total. The molecule has 0 fully saturated rings. The molecular formula is C27H24BrClN2O3. The van der Waals surface area contributed by atoms with Crippen molar-refractivity contribution in [1.29, 1.82) is 5.26 Å². The molecular weight excluding hydrogens is 516 g/mol. The van der Waals surface area contributed by atoms with Gasteiger partial charge in [0.1, 0.15) is 18.2 Å². The number of carbonyl (C=O) groups is 1. The third-order valence-electron chi connectivity index (χ3n) is 5.00. The molecule has 0 aliphatic rings. The van der Waals surface area contributed by atoms with Gasteiger partial charge in [-0.2, -0.15) is 5.26 Å². The van der Waals surface area contributed by atoms with E-state index in [2.05, 4.69) is 21.2 Å². The fraction of sp³-hybridized carbons (Fsp3) is 0.185. The van der Waals surface area contributed by atoms with Crippen LogP contribution in [0.4, 0.5) is 5.69 Å². The summed E-state index contributed by atoms with van der Waals surface area (Å²) in [6, 6.07) is 18.6. The van der Waals surface area contributed by atoms with Crippen LogP contribution in [0.25, 0.3) is 6.08 Å². The Morgan fingerprint density at radius 2 is 1.85 bits per heavy atom. The highest BCUT2D eigenvalue weighted by Crippen LogP contribution is 2.36. The zero-order valence-electron chi connectivity index (χ0n) is 19.1. The van der Waals surface area contributed by atoms with Crippen molar-refractivity contribution in [3.05, 3.63) is 91.9 Å². The molecule has 1 amide bonds. The quantitative estimate of drug-likeness (QED) is 0.242. The second-order valence-electron chi connectivity index (χ2n) is 7.58. The summed E-state index contributed by atoms with van der Waals surface area (Å²) >= 11 is 9.75. The lowest BCUT2D eigenvalue weighted by Gasteiger charge is -2.15. The van der Waals surface area contributed by atoms with E-state index in [1.54, 1.807) is 18.2 Å². The van der Waals surface area contributed by atoms with Crippen molar-refractivity contribution in [3.63, 3.8) is 0 Å². The highest BCUT2D eigenvalue weighted by atomic mass is 79.9. The second kappa shape index (κ2) is 11.7. The summed E-state index contributed by atoms with van der Waals surface area (Å²) in [5.41, 5.74) is 4.10. The van der Waals surface area contributed by atoms with Gasteiger partial charge in [-0.25, -0.2) is 0 Å².